The van der Waals surface area contributed by atoms with Gasteiger partial charge < -0.3 is 9.80 Å². The summed E-state index contributed by atoms with van der Waals surface area (Å²) >= 11 is 0. The number of aryl methyl sites for hydroxylation is 1. The standard InChI is InChI=1S/C14H20N4O2/c1-10-4-3-5-12(11(10)2)17-6-8-18(9-7-17)14(20)13(19)16-15/h3-5H,6-9,15H2,1-2H3,(H,16,19). The van der Waals surface area contributed by atoms with E-state index in [1.165, 1.54) is 21.7 Å². The summed E-state index contributed by atoms with van der Waals surface area (Å²) in [6, 6.07) is 6.22. The zero-order valence-corrected chi connectivity index (χ0v) is 11.8. The highest BCUT2D eigenvalue weighted by atomic mass is 16.2. The molecule has 20 heavy (non-hydrogen) atoms. The number of rotatable bonds is 1. The van der Waals surface area contributed by atoms with Gasteiger partial charge in [-0.15, -0.1) is 0 Å². The summed E-state index contributed by atoms with van der Waals surface area (Å²) in [5.74, 6) is 3.66. The first-order valence-corrected chi connectivity index (χ1v) is 6.65. The molecule has 1 aliphatic rings. The van der Waals surface area contributed by atoms with Gasteiger partial charge in [-0.1, -0.05) is 12.1 Å². The lowest BCUT2D eigenvalue weighted by atomic mass is 10.1. The van der Waals surface area contributed by atoms with Crippen molar-refractivity contribution in [3.8, 4) is 0 Å². The van der Waals surface area contributed by atoms with Gasteiger partial charge in [0.05, 0.1) is 0 Å². The number of carbonyl (C=O) groups excluding carboxylic acids is 2. The van der Waals surface area contributed by atoms with Crippen LogP contribution < -0.4 is 16.2 Å². The van der Waals surface area contributed by atoms with Crippen LogP contribution in [-0.2, 0) is 9.59 Å². The van der Waals surface area contributed by atoms with Crippen molar-refractivity contribution in [1.29, 1.82) is 0 Å². The average molecular weight is 276 g/mol. The van der Waals surface area contributed by atoms with Crippen LogP contribution in [0.4, 0.5) is 5.69 Å². The molecule has 0 aliphatic carbocycles. The maximum absolute atomic E-state index is 11.7. The molecule has 1 saturated heterocycles. The topological polar surface area (TPSA) is 78.7 Å². The van der Waals surface area contributed by atoms with Gasteiger partial charge in [-0.25, -0.2) is 5.84 Å². The van der Waals surface area contributed by atoms with Gasteiger partial charge in [0, 0.05) is 31.9 Å². The van der Waals surface area contributed by atoms with Crippen LogP contribution in [0, 0.1) is 13.8 Å². The number of hydrogen-bond donors (Lipinski definition) is 2. The fraction of sp³-hybridized carbons (Fsp3) is 0.429. The Morgan fingerprint density at radius 2 is 1.80 bits per heavy atom. The number of nitrogens with zero attached hydrogens (tertiary/aromatic N) is 2. The normalized spacial score (nSPS) is 15.2. The number of nitrogens with two attached hydrogens (primary N) is 1. The maximum atomic E-state index is 11.7. The van der Waals surface area contributed by atoms with Crippen molar-refractivity contribution in [2.24, 2.45) is 5.84 Å². The number of nitrogens with one attached hydrogen (secondary N) is 1. The molecule has 2 amide bonds. The van der Waals surface area contributed by atoms with Crippen molar-refractivity contribution in [2.45, 2.75) is 13.8 Å². The molecular weight excluding hydrogens is 256 g/mol. The Bertz CT molecular complexity index is 522. The third kappa shape index (κ3) is 2.75. The molecule has 0 bridgehead atoms. The van der Waals surface area contributed by atoms with Gasteiger partial charge in [0.15, 0.2) is 0 Å². The summed E-state index contributed by atoms with van der Waals surface area (Å²) in [6.07, 6.45) is 0. The second-order valence-corrected chi connectivity index (χ2v) is 4.97. The zero-order chi connectivity index (χ0) is 14.7. The van der Waals surface area contributed by atoms with Crippen LogP contribution in [0.15, 0.2) is 18.2 Å². The van der Waals surface area contributed by atoms with Crippen molar-refractivity contribution in [3.05, 3.63) is 29.3 Å². The lowest BCUT2D eigenvalue weighted by Crippen LogP contribution is -2.53. The fourth-order valence-electron chi connectivity index (χ4n) is 2.43. The van der Waals surface area contributed by atoms with Gasteiger partial charge in [-0.05, 0) is 31.0 Å². The van der Waals surface area contributed by atoms with Gasteiger partial charge in [0.2, 0.25) is 0 Å². The van der Waals surface area contributed by atoms with E-state index < -0.39 is 11.8 Å². The van der Waals surface area contributed by atoms with Crippen molar-refractivity contribution in [3.63, 3.8) is 0 Å². The highest BCUT2D eigenvalue weighted by molar-refractivity contribution is 6.34. The molecule has 0 spiro atoms. The Kier molecular flexibility index (Phi) is 4.24. The average Bonchev–Trinajstić information content (AvgIpc) is 2.48. The van der Waals surface area contributed by atoms with Gasteiger partial charge in [0.1, 0.15) is 0 Å². The monoisotopic (exact) mass is 276 g/mol. The Labute approximate surface area is 118 Å². The Morgan fingerprint density at radius 3 is 2.40 bits per heavy atom. The largest absolute Gasteiger partial charge is 0.368 e. The minimum atomic E-state index is -0.759. The number of hydrogen-bond acceptors (Lipinski definition) is 4. The van der Waals surface area contributed by atoms with E-state index in [1.807, 2.05) is 11.5 Å². The van der Waals surface area contributed by atoms with E-state index in [2.05, 4.69) is 30.9 Å². The molecule has 0 atom stereocenters. The molecule has 6 nitrogen and oxygen atoms in total. The minimum Gasteiger partial charge on any atom is -0.368 e. The van der Waals surface area contributed by atoms with Crippen molar-refractivity contribution in [2.75, 3.05) is 31.1 Å². The summed E-state index contributed by atoms with van der Waals surface area (Å²) < 4.78 is 0. The highest BCUT2D eigenvalue weighted by Crippen LogP contribution is 2.23. The lowest BCUT2D eigenvalue weighted by Gasteiger charge is -2.36. The summed E-state index contributed by atoms with van der Waals surface area (Å²) in [5.41, 5.74) is 5.58. The van der Waals surface area contributed by atoms with Gasteiger partial charge in [0.25, 0.3) is 0 Å². The molecule has 1 aromatic carbocycles. The third-order valence-electron chi connectivity index (χ3n) is 3.81. The summed E-state index contributed by atoms with van der Waals surface area (Å²) in [7, 11) is 0. The Balaban J connectivity index is 2.03. The van der Waals surface area contributed by atoms with Crippen molar-refractivity contribution in [1.82, 2.24) is 10.3 Å². The predicted molar refractivity (Wildman–Crippen MR) is 77.0 cm³/mol. The summed E-state index contributed by atoms with van der Waals surface area (Å²) in [5, 5.41) is 0. The van der Waals surface area contributed by atoms with E-state index >= 15 is 0 Å². The number of piperazine rings is 1. The second-order valence-electron chi connectivity index (χ2n) is 4.97. The van der Waals surface area contributed by atoms with E-state index in [0.717, 1.165) is 0 Å². The SMILES string of the molecule is Cc1cccc(N2CCN(C(=O)C(=O)NN)CC2)c1C. The van der Waals surface area contributed by atoms with Crippen LogP contribution in [0.2, 0.25) is 0 Å². The molecule has 2 rings (SSSR count). The van der Waals surface area contributed by atoms with Crippen molar-refractivity contribution < 1.29 is 9.59 Å². The molecule has 1 aromatic rings. The first-order chi connectivity index (χ1) is 9.54. The molecule has 1 fully saturated rings. The van der Waals surface area contributed by atoms with Gasteiger partial charge >= 0.3 is 11.8 Å². The molecule has 0 saturated carbocycles. The highest BCUT2D eigenvalue weighted by Gasteiger charge is 2.26. The molecule has 0 unspecified atom stereocenters. The molecule has 0 radical (unpaired) electrons. The van der Waals surface area contributed by atoms with E-state index in [4.69, 9.17) is 5.84 Å². The van der Waals surface area contributed by atoms with E-state index in [-0.39, 0.29) is 0 Å². The van der Waals surface area contributed by atoms with Crippen molar-refractivity contribution >= 4 is 17.5 Å². The van der Waals surface area contributed by atoms with Crippen LogP contribution in [0.3, 0.4) is 0 Å². The quantitative estimate of drug-likeness (QED) is 0.326. The van der Waals surface area contributed by atoms with Gasteiger partial charge in [-0.2, -0.15) is 0 Å². The number of amides is 2. The Hall–Kier alpha value is -2.08. The van der Waals surface area contributed by atoms with Crippen LogP contribution in [0.25, 0.3) is 0 Å². The molecule has 1 heterocycles. The predicted octanol–water partition coefficient (Wildman–Crippen LogP) is -0.0581. The van der Waals surface area contributed by atoms with Crippen LogP contribution >= 0.6 is 0 Å². The molecule has 6 heteroatoms. The number of carbonyl (C=O) groups is 2. The first-order valence-electron chi connectivity index (χ1n) is 6.65. The number of benzene rings is 1. The second kappa shape index (κ2) is 5.92. The van der Waals surface area contributed by atoms with Crippen LogP contribution in [-0.4, -0.2) is 42.9 Å². The molecular formula is C14H20N4O2. The summed E-state index contributed by atoms with van der Waals surface area (Å²) in [4.78, 5) is 26.7. The molecule has 3 N–H and O–H groups in total. The maximum Gasteiger partial charge on any atom is 0.323 e. The van der Waals surface area contributed by atoms with Crippen LogP contribution in [0.1, 0.15) is 11.1 Å². The Morgan fingerprint density at radius 1 is 1.15 bits per heavy atom. The van der Waals surface area contributed by atoms with Gasteiger partial charge in [-0.3, -0.25) is 15.0 Å². The number of hydrazine groups is 1. The molecule has 0 aromatic heterocycles. The summed E-state index contributed by atoms with van der Waals surface area (Å²) in [6.45, 7) is 6.68. The third-order valence-corrected chi connectivity index (χ3v) is 3.81. The smallest absolute Gasteiger partial charge is 0.323 e. The molecule has 1 aliphatic heterocycles. The van der Waals surface area contributed by atoms with Crippen LogP contribution in [0.5, 0.6) is 0 Å². The lowest BCUT2D eigenvalue weighted by molar-refractivity contribution is -0.146. The van der Waals surface area contributed by atoms with E-state index in [1.54, 1.807) is 0 Å². The molecule has 108 valence electrons. The van der Waals surface area contributed by atoms with E-state index in [0.29, 0.717) is 26.2 Å². The fourth-order valence-corrected chi connectivity index (χ4v) is 2.43. The minimum absolute atomic E-state index is 0.527. The zero-order valence-electron chi connectivity index (χ0n) is 11.8. The first kappa shape index (κ1) is 14.3. The number of anilines is 1. The van der Waals surface area contributed by atoms with E-state index in [9.17, 15) is 9.59 Å².